The maximum absolute atomic E-state index is 9.51. The van der Waals surface area contributed by atoms with Crippen LogP contribution in [0.15, 0.2) is 168 Å². The number of nitrogens with zero attached hydrogens (tertiary/aromatic N) is 7. The van der Waals surface area contributed by atoms with Gasteiger partial charge in [0.2, 0.25) is 11.8 Å². The lowest BCUT2D eigenvalue weighted by Crippen LogP contribution is -2.07. The van der Waals surface area contributed by atoms with Gasteiger partial charge in [0.1, 0.15) is 5.52 Å². The van der Waals surface area contributed by atoms with E-state index in [4.69, 9.17) is 24.4 Å². The summed E-state index contributed by atoms with van der Waals surface area (Å²) in [6.07, 6.45) is 0. The molecule has 0 fully saturated rings. The third kappa shape index (κ3) is 4.77. The molecule has 7 aromatic carbocycles. The largest absolute Gasteiger partial charge is 0.434 e. The van der Waals surface area contributed by atoms with Crippen molar-refractivity contribution >= 4 is 54.7 Å². The van der Waals surface area contributed by atoms with E-state index in [-0.39, 0.29) is 0 Å². The molecule has 256 valence electrons. The summed E-state index contributed by atoms with van der Waals surface area (Å²) in [4.78, 5) is 20.3. The fourth-order valence-electron chi connectivity index (χ4n) is 7.78. The smallest absolute Gasteiger partial charge is 0.238 e. The van der Waals surface area contributed by atoms with Crippen LogP contribution in [0.2, 0.25) is 0 Å². The predicted molar refractivity (Wildman–Crippen MR) is 217 cm³/mol. The van der Waals surface area contributed by atoms with Crippen molar-refractivity contribution < 1.29 is 4.42 Å². The molecule has 11 rings (SSSR count). The van der Waals surface area contributed by atoms with Gasteiger partial charge < -0.3 is 8.98 Å². The molecule has 11 aromatic rings. The Kier molecular flexibility index (Phi) is 6.75. The highest BCUT2D eigenvalue weighted by molar-refractivity contribution is 6.24. The molecule has 0 saturated heterocycles. The summed E-state index contributed by atoms with van der Waals surface area (Å²) in [6.45, 7) is 0. The summed E-state index contributed by atoms with van der Waals surface area (Å²) in [6, 6.07) is 56.9. The van der Waals surface area contributed by atoms with Crippen molar-refractivity contribution in [3.63, 3.8) is 0 Å². The average molecular weight is 706 g/mol. The summed E-state index contributed by atoms with van der Waals surface area (Å²) < 4.78 is 11.1. The van der Waals surface area contributed by atoms with Crippen LogP contribution < -0.4 is 0 Å². The first kappa shape index (κ1) is 30.7. The van der Waals surface area contributed by atoms with Crippen LogP contribution in [-0.4, -0.2) is 29.1 Å². The molecule has 0 atom stereocenters. The molecule has 0 aliphatic heterocycles. The monoisotopic (exact) mass is 705 g/mol. The zero-order chi connectivity index (χ0) is 36.5. The Morgan fingerprint density at radius 3 is 1.67 bits per heavy atom. The van der Waals surface area contributed by atoms with Crippen molar-refractivity contribution in [3.05, 3.63) is 169 Å². The van der Waals surface area contributed by atoms with Gasteiger partial charge in [-0.3, -0.25) is 4.57 Å². The van der Waals surface area contributed by atoms with Gasteiger partial charge in [-0.1, -0.05) is 103 Å². The van der Waals surface area contributed by atoms with E-state index in [0.717, 1.165) is 71.5 Å². The number of nitriles is 1. The molecule has 0 N–H and O–H groups in total. The Labute approximate surface area is 313 Å². The highest BCUT2D eigenvalue weighted by Gasteiger charge is 2.25. The molecule has 0 aliphatic rings. The molecule has 8 nitrogen and oxygen atoms in total. The van der Waals surface area contributed by atoms with Gasteiger partial charge in [-0.05, 0) is 60.7 Å². The Hall–Kier alpha value is -7.89. The van der Waals surface area contributed by atoms with Crippen molar-refractivity contribution in [1.29, 1.82) is 5.26 Å². The van der Waals surface area contributed by atoms with Crippen molar-refractivity contribution in [2.24, 2.45) is 0 Å². The zero-order valence-corrected chi connectivity index (χ0v) is 29.1. The van der Waals surface area contributed by atoms with Crippen molar-refractivity contribution in [2.45, 2.75) is 0 Å². The van der Waals surface area contributed by atoms with Crippen molar-refractivity contribution in [3.8, 4) is 51.9 Å². The minimum atomic E-state index is 0.480. The Balaban J connectivity index is 1.28. The number of aromatic nitrogens is 6. The first-order valence-corrected chi connectivity index (χ1v) is 18.0. The summed E-state index contributed by atoms with van der Waals surface area (Å²) in [5, 5.41) is 13.8. The molecule has 0 bridgehead atoms. The lowest BCUT2D eigenvalue weighted by molar-refractivity contribution is 0.618. The summed E-state index contributed by atoms with van der Waals surface area (Å²) in [7, 11) is 0. The number of rotatable bonds is 5. The van der Waals surface area contributed by atoms with Gasteiger partial charge >= 0.3 is 0 Å². The van der Waals surface area contributed by atoms with E-state index < -0.39 is 0 Å². The highest BCUT2D eigenvalue weighted by Crippen LogP contribution is 2.43. The second-order valence-electron chi connectivity index (χ2n) is 13.4. The standard InChI is InChI=1S/C47H27N7O/c48-28-29-22-24-31(25-23-29)45-50-44(30-12-3-1-4-13-30)51-47(52-45)54-39-20-10-8-17-34(39)36-27-26-35-33-16-7-9-19-38(33)53(41(35)42(36)54)40-21-11-18-37-43(40)55-46(49-37)32-14-5-2-6-15-32/h1-27H. The Morgan fingerprint density at radius 2 is 1.02 bits per heavy atom. The predicted octanol–water partition coefficient (Wildman–Crippen LogP) is 11.1. The van der Waals surface area contributed by atoms with E-state index in [1.165, 1.54) is 0 Å². The van der Waals surface area contributed by atoms with E-state index in [9.17, 15) is 5.26 Å². The van der Waals surface area contributed by atoms with Gasteiger partial charge in [-0.2, -0.15) is 15.2 Å². The maximum Gasteiger partial charge on any atom is 0.238 e. The van der Waals surface area contributed by atoms with Crippen LogP contribution in [0.25, 0.3) is 101 Å². The first-order chi connectivity index (χ1) is 27.2. The van der Waals surface area contributed by atoms with Gasteiger partial charge in [0, 0.05) is 38.2 Å². The van der Waals surface area contributed by atoms with Crippen LogP contribution in [-0.2, 0) is 0 Å². The van der Waals surface area contributed by atoms with Gasteiger partial charge in [0.25, 0.3) is 0 Å². The van der Waals surface area contributed by atoms with Crippen molar-refractivity contribution in [1.82, 2.24) is 29.1 Å². The van der Waals surface area contributed by atoms with E-state index in [0.29, 0.717) is 34.6 Å². The molecule has 8 heteroatoms. The van der Waals surface area contributed by atoms with E-state index >= 15 is 0 Å². The quantitative estimate of drug-likeness (QED) is 0.177. The van der Waals surface area contributed by atoms with E-state index in [2.05, 4.69) is 75.9 Å². The topological polar surface area (TPSA) is 98.3 Å². The van der Waals surface area contributed by atoms with E-state index in [1.807, 2.05) is 91.0 Å². The molecule has 0 amide bonds. The molecular formula is C47H27N7O. The third-order valence-corrected chi connectivity index (χ3v) is 10.3. The summed E-state index contributed by atoms with van der Waals surface area (Å²) >= 11 is 0. The molecule has 0 spiro atoms. The van der Waals surface area contributed by atoms with Crippen LogP contribution in [0.1, 0.15) is 5.56 Å². The van der Waals surface area contributed by atoms with Crippen LogP contribution in [0.5, 0.6) is 0 Å². The second kappa shape index (κ2) is 12.1. The van der Waals surface area contributed by atoms with Crippen LogP contribution in [0.3, 0.4) is 0 Å². The number of benzene rings is 7. The Bertz CT molecular complexity index is 3320. The molecule has 0 radical (unpaired) electrons. The fraction of sp³-hybridized carbons (Fsp3) is 0. The van der Waals surface area contributed by atoms with Crippen LogP contribution in [0.4, 0.5) is 0 Å². The Morgan fingerprint density at radius 1 is 0.455 bits per heavy atom. The van der Waals surface area contributed by atoms with Gasteiger partial charge in [0.15, 0.2) is 17.2 Å². The average Bonchev–Trinajstić information content (AvgIpc) is 3.95. The molecule has 0 aliphatic carbocycles. The minimum Gasteiger partial charge on any atom is -0.434 e. The molecule has 0 saturated carbocycles. The van der Waals surface area contributed by atoms with Gasteiger partial charge in [-0.25, -0.2) is 9.97 Å². The maximum atomic E-state index is 9.51. The summed E-state index contributed by atoms with van der Waals surface area (Å²) in [5.74, 6) is 2.10. The van der Waals surface area contributed by atoms with Crippen LogP contribution >= 0.6 is 0 Å². The lowest BCUT2D eigenvalue weighted by atomic mass is 10.1. The minimum absolute atomic E-state index is 0.480. The number of para-hydroxylation sites is 3. The number of hydrogen-bond donors (Lipinski definition) is 0. The van der Waals surface area contributed by atoms with E-state index in [1.54, 1.807) is 12.1 Å². The number of oxazole rings is 1. The normalized spacial score (nSPS) is 11.6. The fourth-order valence-corrected chi connectivity index (χ4v) is 7.78. The number of hydrogen-bond acceptors (Lipinski definition) is 6. The molecule has 0 unspecified atom stereocenters. The van der Waals surface area contributed by atoms with Gasteiger partial charge in [-0.15, -0.1) is 0 Å². The zero-order valence-electron chi connectivity index (χ0n) is 29.1. The first-order valence-electron chi connectivity index (χ1n) is 18.0. The van der Waals surface area contributed by atoms with Crippen molar-refractivity contribution in [2.75, 3.05) is 0 Å². The summed E-state index contributed by atoms with van der Waals surface area (Å²) in [5.41, 5.74) is 9.40. The molecule has 4 heterocycles. The second-order valence-corrected chi connectivity index (χ2v) is 13.4. The highest BCUT2D eigenvalue weighted by atomic mass is 16.3. The molecular weight excluding hydrogens is 679 g/mol. The number of fused-ring (bicyclic) bond motifs is 8. The third-order valence-electron chi connectivity index (χ3n) is 10.3. The molecule has 55 heavy (non-hydrogen) atoms. The lowest BCUT2D eigenvalue weighted by Gasteiger charge is -2.13. The molecule has 4 aromatic heterocycles. The van der Waals surface area contributed by atoms with Gasteiger partial charge in [0.05, 0.1) is 39.4 Å². The van der Waals surface area contributed by atoms with Crippen LogP contribution in [0, 0.1) is 11.3 Å². The SMILES string of the molecule is N#Cc1ccc(-c2nc(-c3ccccc3)nc(-n3c4ccccc4c4ccc5c6ccccc6n(-c6cccc7nc(-c8ccccc8)oc67)c5c43)n2)cc1.